The molecule has 2 rings (SSSR count). The van der Waals surface area contributed by atoms with E-state index < -0.39 is 0 Å². The molecule has 0 aromatic carbocycles. The average Bonchev–Trinajstić information content (AvgIpc) is 2.19. The largest absolute Gasteiger partial charge is 0.353 e. The van der Waals surface area contributed by atoms with Crippen molar-refractivity contribution in [3.8, 4) is 0 Å². The molecule has 4 heteroatoms. The van der Waals surface area contributed by atoms with Crippen molar-refractivity contribution in [2.45, 2.75) is 13.0 Å². The third-order valence-corrected chi connectivity index (χ3v) is 3.07. The Kier molecular flexibility index (Phi) is 3.19. The topological polar surface area (TPSA) is 32.3 Å². The van der Waals surface area contributed by atoms with Crippen molar-refractivity contribution < 1.29 is 0 Å². The summed E-state index contributed by atoms with van der Waals surface area (Å²) in [6, 6.07) is 0.618. The number of aromatic nitrogens is 2. The molecule has 16 heavy (non-hydrogen) atoms. The minimum atomic E-state index is 0.618. The molecule has 86 valence electrons. The molecule has 1 saturated heterocycles. The second kappa shape index (κ2) is 4.61. The van der Waals surface area contributed by atoms with E-state index in [1.165, 1.54) is 0 Å². The van der Waals surface area contributed by atoms with Crippen molar-refractivity contribution in [3.63, 3.8) is 0 Å². The Balaban J connectivity index is 1.93. The Hall–Kier alpha value is -1.42. The van der Waals surface area contributed by atoms with Gasteiger partial charge in [0.2, 0.25) is 0 Å². The van der Waals surface area contributed by atoms with Crippen molar-refractivity contribution in [1.82, 2.24) is 14.9 Å². The Morgan fingerprint density at radius 2 is 2.38 bits per heavy atom. The van der Waals surface area contributed by atoms with Gasteiger partial charge in [-0.05, 0) is 14.0 Å². The lowest BCUT2D eigenvalue weighted by atomic mass is 10.1. The molecule has 0 spiro atoms. The third kappa shape index (κ3) is 2.07. The van der Waals surface area contributed by atoms with E-state index in [0.29, 0.717) is 6.04 Å². The molecule has 0 bridgehead atoms. The monoisotopic (exact) mass is 218 g/mol. The molecule has 0 N–H and O–H groups in total. The predicted octanol–water partition coefficient (Wildman–Crippen LogP) is 1.09. The van der Waals surface area contributed by atoms with Gasteiger partial charge in [0.1, 0.15) is 12.1 Å². The molecule has 1 fully saturated rings. The highest BCUT2D eigenvalue weighted by Gasteiger charge is 2.30. The summed E-state index contributed by atoms with van der Waals surface area (Å²) in [5.41, 5.74) is 1.15. The predicted molar refractivity (Wildman–Crippen MR) is 65.6 cm³/mol. The normalized spacial score (nSPS) is 16.3. The fourth-order valence-electron chi connectivity index (χ4n) is 1.98. The summed E-state index contributed by atoms with van der Waals surface area (Å²) in [5.74, 6) is 1.07. The number of anilines is 1. The molecular formula is C12H18N4. The molecule has 0 amide bonds. The van der Waals surface area contributed by atoms with Crippen LogP contribution in [-0.4, -0.2) is 47.6 Å². The molecule has 1 aromatic heterocycles. The van der Waals surface area contributed by atoms with Crippen molar-refractivity contribution in [1.29, 1.82) is 0 Å². The van der Waals surface area contributed by atoms with Crippen LogP contribution in [0.3, 0.4) is 0 Å². The van der Waals surface area contributed by atoms with Crippen LogP contribution >= 0.6 is 0 Å². The summed E-state index contributed by atoms with van der Waals surface area (Å²) < 4.78 is 0. The molecule has 0 radical (unpaired) electrons. The van der Waals surface area contributed by atoms with Crippen LogP contribution in [0.5, 0.6) is 0 Å². The maximum atomic E-state index is 4.32. The molecule has 1 aliphatic heterocycles. The summed E-state index contributed by atoms with van der Waals surface area (Å²) in [7, 11) is 2.14. The van der Waals surface area contributed by atoms with Crippen LogP contribution in [0.1, 0.15) is 5.56 Å². The average molecular weight is 218 g/mol. The summed E-state index contributed by atoms with van der Waals surface area (Å²) in [4.78, 5) is 12.9. The fourth-order valence-corrected chi connectivity index (χ4v) is 1.98. The number of nitrogens with zero attached hydrogens (tertiary/aromatic N) is 4. The zero-order chi connectivity index (χ0) is 11.5. The van der Waals surface area contributed by atoms with Gasteiger partial charge in [-0.1, -0.05) is 6.08 Å². The zero-order valence-corrected chi connectivity index (χ0v) is 9.93. The lowest BCUT2D eigenvalue weighted by Gasteiger charge is -2.44. The third-order valence-electron chi connectivity index (χ3n) is 3.07. The van der Waals surface area contributed by atoms with Crippen molar-refractivity contribution >= 4 is 5.82 Å². The lowest BCUT2D eigenvalue weighted by molar-refractivity contribution is 0.224. The van der Waals surface area contributed by atoms with Crippen molar-refractivity contribution in [3.05, 3.63) is 30.7 Å². The van der Waals surface area contributed by atoms with E-state index in [-0.39, 0.29) is 0 Å². The van der Waals surface area contributed by atoms with Crippen LogP contribution in [-0.2, 0) is 0 Å². The van der Waals surface area contributed by atoms with E-state index in [2.05, 4.69) is 40.3 Å². The smallest absolute Gasteiger partial charge is 0.134 e. The molecule has 0 aliphatic carbocycles. The Morgan fingerprint density at radius 1 is 1.62 bits per heavy atom. The standard InChI is InChI=1S/C12H18N4/c1-4-5-15(3)11-7-16(8-11)12-10(2)6-13-9-14-12/h4,6,9,11H,1,5,7-8H2,2-3H3. The molecule has 4 nitrogen and oxygen atoms in total. The van der Waals surface area contributed by atoms with Gasteiger partial charge in [-0.25, -0.2) is 9.97 Å². The Morgan fingerprint density at radius 3 is 3.00 bits per heavy atom. The van der Waals surface area contributed by atoms with E-state index in [1.54, 1.807) is 6.33 Å². The molecule has 2 heterocycles. The van der Waals surface area contributed by atoms with Gasteiger partial charge in [0.15, 0.2) is 0 Å². The second-order valence-electron chi connectivity index (χ2n) is 4.32. The van der Waals surface area contributed by atoms with Crippen LogP contribution in [0.15, 0.2) is 25.2 Å². The fraction of sp³-hybridized carbons (Fsp3) is 0.500. The summed E-state index contributed by atoms with van der Waals surface area (Å²) in [5, 5.41) is 0. The van der Waals surface area contributed by atoms with Gasteiger partial charge < -0.3 is 4.90 Å². The van der Waals surface area contributed by atoms with E-state index in [9.17, 15) is 0 Å². The number of likely N-dealkylation sites (N-methyl/N-ethyl adjacent to an activating group) is 1. The maximum Gasteiger partial charge on any atom is 0.134 e. The van der Waals surface area contributed by atoms with Crippen molar-refractivity contribution in [2.24, 2.45) is 0 Å². The van der Waals surface area contributed by atoms with Gasteiger partial charge in [0, 0.05) is 37.4 Å². The van der Waals surface area contributed by atoms with Gasteiger partial charge in [0.25, 0.3) is 0 Å². The minimum absolute atomic E-state index is 0.618. The van der Waals surface area contributed by atoms with Gasteiger partial charge in [0.05, 0.1) is 0 Å². The number of aryl methyl sites for hydroxylation is 1. The number of hydrogen-bond donors (Lipinski definition) is 0. The zero-order valence-electron chi connectivity index (χ0n) is 9.93. The lowest BCUT2D eigenvalue weighted by Crippen LogP contribution is -2.59. The highest BCUT2D eigenvalue weighted by molar-refractivity contribution is 5.47. The molecule has 0 unspecified atom stereocenters. The minimum Gasteiger partial charge on any atom is -0.353 e. The quantitative estimate of drug-likeness (QED) is 0.708. The highest BCUT2D eigenvalue weighted by atomic mass is 15.3. The van der Waals surface area contributed by atoms with Gasteiger partial charge in [-0.3, -0.25) is 4.90 Å². The SMILES string of the molecule is C=CCN(C)C1CN(c2ncncc2C)C1. The molecule has 0 atom stereocenters. The van der Waals surface area contributed by atoms with Gasteiger partial charge in [-0.15, -0.1) is 6.58 Å². The summed E-state index contributed by atoms with van der Waals surface area (Å²) >= 11 is 0. The van der Waals surface area contributed by atoms with Crippen LogP contribution in [0.25, 0.3) is 0 Å². The first-order valence-corrected chi connectivity index (χ1v) is 5.55. The second-order valence-corrected chi connectivity index (χ2v) is 4.32. The first-order chi connectivity index (χ1) is 7.72. The van der Waals surface area contributed by atoms with Crippen LogP contribution in [0, 0.1) is 6.92 Å². The number of hydrogen-bond acceptors (Lipinski definition) is 4. The summed E-state index contributed by atoms with van der Waals surface area (Å²) in [6.45, 7) is 8.84. The number of rotatable bonds is 4. The summed E-state index contributed by atoms with van der Waals surface area (Å²) in [6.07, 6.45) is 5.42. The van der Waals surface area contributed by atoms with Crippen molar-refractivity contribution in [2.75, 3.05) is 31.6 Å². The van der Waals surface area contributed by atoms with Crippen LogP contribution in [0.4, 0.5) is 5.82 Å². The molecule has 0 saturated carbocycles. The first-order valence-electron chi connectivity index (χ1n) is 5.55. The van der Waals surface area contributed by atoms with Gasteiger partial charge >= 0.3 is 0 Å². The van der Waals surface area contributed by atoms with E-state index in [0.717, 1.165) is 31.0 Å². The van der Waals surface area contributed by atoms with E-state index >= 15 is 0 Å². The van der Waals surface area contributed by atoms with Crippen LogP contribution in [0.2, 0.25) is 0 Å². The van der Waals surface area contributed by atoms with Crippen LogP contribution < -0.4 is 4.90 Å². The Labute approximate surface area is 96.6 Å². The van der Waals surface area contributed by atoms with E-state index in [4.69, 9.17) is 0 Å². The maximum absolute atomic E-state index is 4.32. The first kappa shape index (κ1) is 11.1. The van der Waals surface area contributed by atoms with Gasteiger partial charge in [-0.2, -0.15) is 0 Å². The highest BCUT2D eigenvalue weighted by Crippen LogP contribution is 2.23. The Bertz CT molecular complexity index is 371. The molecular weight excluding hydrogens is 200 g/mol. The van der Waals surface area contributed by atoms with E-state index in [1.807, 2.05) is 12.3 Å². The molecule has 1 aromatic rings. The molecule has 1 aliphatic rings.